The Hall–Kier alpha value is -0.770. The lowest BCUT2D eigenvalue weighted by atomic mass is 9.82. The van der Waals surface area contributed by atoms with Crippen molar-refractivity contribution < 1.29 is 10.2 Å². The van der Waals surface area contributed by atoms with Crippen LogP contribution < -0.4 is 4.90 Å². The fourth-order valence-electron chi connectivity index (χ4n) is 2.43. The molecule has 100 valence electrons. The summed E-state index contributed by atoms with van der Waals surface area (Å²) in [7, 11) is 2.01. The largest absolute Gasteiger partial charge is 0.393 e. The van der Waals surface area contributed by atoms with Crippen molar-refractivity contribution in [2.75, 3.05) is 18.5 Å². The van der Waals surface area contributed by atoms with Crippen LogP contribution in [0.1, 0.15) is 31.4 Å². The number of anilines is 1. The number of halogens is 1. The van der Waals surface area contributed by atoms with E-state index in [2.05, 4.69) is 4.90 Å². The van der Waals surface area contributed by atoms with Crippen LogP contribution in [0.3, 0.4) is 0 Å². The lowest BCUT2D eigenvalue weighted by molar-refractivity contribution is 0.0465. The fourth-order valence-corrected chi connectivity index (χ4v) is 2.76. The van der Waals surface area contributed by atoms with Crippen LogP contribution in [-0.4, -0.2) is 29.9 Å². The Morgan fingerprint density at radius 3 is 2.61 bits per heavy atom. The molecule has 4 heteroatoms. The van der Waals surface area contributed by atoms with Crippen molar-refractivity contribution in [2.45, 2.75) is 32.0 Å². The Morgan fingerprint density at radius 1 is 1.44 bits per heavy atom. The molecule has 1 unspecified atom stereocenters. The van der Waals surface area contributed by atoms with E-state index in [1.54, 1.807) is 6.92 Å². The first-order chi connectivity index (χ1) is 8.47. The van der Waals surface area contributed by atoms with Gasteiger partial charge in [-0.05, 0) is 43.4 Å². The topological polar surface area (TPSA) is 43.7 Å². The third-order valence-electron chi connectivity index (χ3n) is 3.61. The standard InChI is InChI=1S/C14H20ClNO2/c1-9(17)11-3-4-14(13(15)7-11)16(2)8-10-5-12(18)6-10/h3-4,7,9-10,12,17-18H,5-6,8H2,1-2H3. The van der Waals surface area contributed by atoms with E-state index in [1.807, 2.05) is 25.2 Å². The summed E-state index contributed by atoms with van der Waals surface area (Å²) in [5, 5.41) is 19.4. The first-order valence-corrected chi connectivity index (χ1v) is 6.72. The summed E-state index contributed by atoms with van der Waals surface area (Å²) in [6, 6.07) is 5.66. The average Bonchev–Trinajstić information content (AvgIpc) is 2.26. The Bertz CT molecular complexity index is 416. The predicted octanol–water partition coefficient (Wildman–Crippen LogP) is 2.60. The predicted molar refractivity (Wildman–Crippen MR) is 74.1 cm³/mol. The number of nitrogens with zero attached hydrogens (tertiary/aromatic N) is 1. The van der Waals surface area contributed by atoms with Crippen molar-refractivity contribution in [3.8, 4) is 0 Å². The molecule has 2 N–H and O–H groups in total. The SMILES string of the molecule is CC(O)c1ccc(N(C)CC2CC(O)C2)c(Cl)c1. The van der Waals surface area contributed by atoms with Crippen LogP contribution in [-0.2, 0) is 0 Å². The van der Waals surface area contributed by atoms with Gasteiger partial charge in [-0.3, -0.25) is 0 Å². The molecule has 1 aliphatic carbocycles. The maximum absolute atomic E-state index is 9.50. The lowest BCUT2D eigenvalue weighted by Gasteiger charge is -2.35. The molecular weight excluding hydrogens is 250 g/mol. The van der Waals surface area contributed by atoms with Gasteiger partial charge in [-0.2, -0.15) is 0 Å². The molecular formula is C14H20ClNO2. The van der Waals surface area contributed by atoms with E-state index in [0.29, 0.717) is 10.9 Å². The quantitative estimate of drug-likeness (QED) is 0.883. The number of hydrogen-bond donors (Lipinski definition) is 2. The Balaban J connectivity index is 2.03. The first kappa shape index (κ1) is 13.7. The normalized spacial score (nSPS) is 24.5. The van der Waals surface area contributed by atoms with Crippen molar-refractivity contribution in [1.82, 2.24) is 0 Å². The van der Waals surface area contributed by atoms with Gasteiger partial charge in [-0.1, -0.05) is 17.7 Å². The third kappa shape index (κ3) is 2.97. The van der Waals surface area contributed by atoms with Crippen LogP contribution in [0.15, 0.2) is 18.2 Å². The van der Waals surface area contributed by atoms with Crippen molar-refractivity contribution in [2.24, 2.45) is 5.92 Å². The molecule has 0 radical (unpaired) electrons. The zero-order chi connectivity index (χ0) is 13.3. The van der Waals surface area contributed by atoms with E-state index in [9.17, 15) is 10.2 Å². The molecule has 3 nitrogen and oxygen atoms in total. The van der Waals surface area contributed by atoms with Crippen molar-refractivity contribution in [1.29, 1.82) is 0 Å². The zero-order valence-electron chi connectivity index (χ0n) is 10.8. The molecule has 0 heterocycles. The summed E-state index contributed by atoms with van der Waals surface area (Å²) in [4.78, 5) is 2.12. The van der Waals surface area contributed by atoms with Crippen molar-refractivity contribution >= 4 is 17.3 Å². The van der Waals surface area contributed by atoms with Gasteiger partial charge in [-0.15, -0.1) is 0 Å². The minimum atomic E-state index is -0.497. The average molecular weight is 270 g/mol. The highest BCUT2D eigenvalue weighted by Crippen LogP contribution is 2.32. The molecule has 2 rings (SSSR count). The van der Waals surface area contributed by atoms with Crippen LogP contribution in [0.4, 0.5) is 5.69 Å². The van der Waals surface area contributed by atoms with E-state index in [-0.39, 0.29) is 6.10 Å². The van der Waals surface area contributed by atoms with Crippen LogP contribution in [0.2, 0.25) is 5.02 Å². The van der Waals surface area contributed by atoms with Gasteiger partial charge in [0.05, 0.1) is 22.9 Å². The van der Waals surface area contributed by atoms with Gasteiger partial charge in [0.2, 0.25) is 0 Å². The summed E-state index contributed by atoms with van der Waals surface area (Å²) in [6.45, 7) is 2.63. The molecule has 0 amide bonds. The Labute approximate surface area is 113 Å². The van der Waals surface area contributed by atoms with Gasteiger partial charge in [0.25, 0.3) is 0 Å². The van der Waals surface area contributed by atoms with Gasteiger partial charge in [0, 0.05) is 13.6 Å². The highest BCUT2D eigenvalue weighted by Gasteiger charge is 2.28. The molecule has 0 aliphatic heterocycles. The summed E-state index contributed by atoms with van der Waals surface area (Å²) >= 11 is 6.24. The maximum atomic E-state index is 9.50. The second-order valence-corrected chi connectivity index (χ2v) is 5.67. The highest BCUT2D eigenvalue weighted by atomic mass is 35.5. The highest BCUT2D eigenvalue weighted by molar-refractivity contribution is 6.33. The van der Waals surface area contributed by atoms with Gasteiger partial charge in [-0.25, -0.2) is 0 Å². The minimum absolute atomic E-state index is 0.114. The number of hydrogen-bond acceptors (Lipinski definition) is 3. The van der Waals surface area contributed by atoms with Gasteiger partial charge < -0.3 is 15.1 Å². The number of rotatable bonds is 4. The molecule has 18 heavy (non-hydrogen) atoms. The molecule has 0 bridgehead atoms. The summed E-state index contributed by atoms with van der Waals surface area (Å²) in [5.74, 6) is 0.553. The molecule has 1 aromatic rings. The van der Waals surface area contributed by atoms with Crippen LogP contribution in [0, 0.1) is 5.92 Å². The summed E-state index contributed by atoms with van der Waals surface area (Å²) in [6.07, 6.45) is 1.15. The van der Waals surface area contributed by atoms with Gasteiger partial charge >= 0.3 is 0 Å². The number of benzene rings is 1. The lowest BCUT2D eigenvalue weighted by Crippen LogP contribution is -2.37. The zero-order valence-corrected chi connectivity index (χ0v) is 11.6. The molecule has 1 atom stereocenters. The summed E-state index contributed by atoms with van der Waals surface area (Å²) in [5.41, 5.74) is 1.80. The number of aliphatic hydroxyl groups is 2. The molecule has 0 aromatic heterocycles. The molecule has 1 saturated carbocycles. The second-order valence-electron chi connectivity index (χ2n) is 5.26. The third-order valence-corrected chi connectivity index (χ3v) is 3.91. The maximum Gasteiger partial charge on any atom is 0.0762 e. The molecule has 1 aliphatic rings. The van der Waals surface area contributed by atoms with Gasteiger partial charge in [0.15, 0.2) is 0 Å². The smallest absolute Gasteiger partial charge is 0.0762 e. The minimum Gasteiger partial charge on any atom is -0.393 e. The van der Waals surface area contributed by atoms with Crippen LogP contribution >= 0.6 is 11.6 Å². The van der Waals surface area contributed by atoms with E-state index in [0.717, 1.165) is 30.6 Å². The first-order valence-electron chi connectivity index (χ1n) is 6.34. The molecule has 1 aromatic carbocycles. The van der Waals surface area contributed by atoms with E-state index >= 15 is 0 Å². The van der Waals surface area contributed by atoms with E-state index < -0.39 is 6.10 Å². The van der Waals surface area contributed by atoms with Gasteiger partial charge in [0.1, 0.15) is 0 Å². The molecule has 1 fully saturated rings. The van der Waals surface area contributed by atoms with Crippen LogP contribution in [0.5, 0.6) is 0 Å². The van der Waals surface area contributed by atoms with E-state index in [4.69, 9.17) is 11.6 Å². The van der Waals surface area contributed by atoms with Crippen molar-refractivity contribution in [3.63, 3.8) is 0 Å². The Morgan fingerprint density at radius 2 is 2.11 bits per heavy atom. The van der Waals surface area contributed by atoms with Crippen molar-refractivity contribution in [3.05, 3.63) is 28.8 Å². The molecule has 0 spiro atoms. The second kappa shape index (κ2) is 5.47. The molecule has 0 saturated heterocycles. The number of aliphatic hydroxyl groups excluding tert-OH is 2. The monoisotopic (exact) mass is 269 g/mol. The Kier molecular flexibility index (Phi) is 4.15. The summed E-state index contributed by atoms with van der Waals surface area (Å²) < 4.78 is 0. The fraction of sp³-hybridized carbons (Fsp3) is 0.571. The van der Waals surface area contributed by atoms with Crippen LogP contribution in [0.25, 0.3) is 0 Å². The van der Waals surface area contributed by atoms with E-state index in [1.165, 1.54) is 0 Å².